The van der Waals surface area contributed by atoms with Crippen LogP contribution in [-0.4, -0.2) is 5.91 Å². The third kappa shape index (κ3) is 2.09. The minimum Gasteiger partial charge on any atom is -0.366 e. The third-order valence-electron chi connectivity index (χ3n) is 1.92. The molecule has 0 aromatic heterocycles. The molecule has 1 aliphatic rings. The molecule has 0 fully saturated rings. The van der Waals surface area contributed by atoms with Crippen molar-refractivity contribution in [3.05, 3.63) is 35.5 Å². The Kier molecular flexibility index (Phi) is 2.86. The molecule has 1 aliphatic carbocycles. The zero-order valence-electron chi connectivity index (χ0n) is 7.21. The first-order valence-electron chi connectivity index (χ1n) is 4.04. The topological polar surface area (TPSA) is 43.1 Å². The summed E-state index contributed by atoms with van der Waals surface area (Å²) in [5.74, 6) is -0.334. The Morgan fingerprint density at radius 3 is 2.92 bits per heavy atom. The van der Waals surface area contributed by atoms with Crippen molar-refractivity contribution in [2.75, 3.05) is 0 Å². The molecule has 0 radical (unpaired) electrons. The highest BCUT2D eigenvalue weighted by molar-refractivity contribution is 5.95. The van der Waals surface area contributed by atoms with Gasteiger partial charge in [0, 0.05) is 5.57 Å². The SMILES string of the molecule is C/C1=C(C(N)=O)/C=C\C=C/CC1. The molecular formula is C10H13NO. The summed E-state index contributed by atoms with van der Waals surface area (Å²) in [6.45, 7) is 1.95. The highest BCUT2D eigenvalue weighted by atomic mass is 16.1. The van der Waals surface area contributed by atoms with E-state index in [0.717, 1.165) is 18.4 Å². The van der Waals surface area contributed by atoms with Gasteiger partial charge in [-0.1, -0.05) is 23.8 Å². The second-order valence-corrected chi connectivity index (χ2v) is 2.88. The van der Waals surface area contributed by atoms with Gasteiger partial charge in [0.2, 0.25) is 5.91 Å². The molecule has 2 heteroatoms. The van der Waals surface area contributed by atoms with E-state index in [9.17, 15) is 4.79 Å². The summed E-state index contributed by atoms with van der Waals surface area (Å²) >= 11 is 0. The number of primary amides is 1. The molecule has 0 unspecified atom stereocenters. The summed E-state index contributed by atoms with van der Waals surface area (Å²) in [6, 6.07) is 0. The molecule has 0 atom stereocenters. The van der Waals surface area contributed by atoms with Gasteiger partial charge >= 0.3 is 0 Å². The van der Waals surface area contributed by atoms with Crippen molar-refractivity contribution >= 4 is 5.91 Å². The Balaban J connectivity index is 2.96. The lowest BCUT2D eigenvalue weighted by molar-refractivity contribution is -0.114. The van der Waals surface area contributed by atoms with Crippen LogP contribution >= 0.6 is 0 Å². The summed E-state index contributed by atoms with van der Waals surface area (Å²) in [7, 11) is 0. The molecule has 64 valence electrons. The van der Waals surface area contributed by atoms with E-state index in [1.54, 1.807) is 6.08 Å². The molecule has 2 N–H and O–H groups in total. The van der Waals surface area contributed by atoms with E-state index in [4.69, 9.17) is 5.73 Å². The zero-order valence-corrected chi connectivity index (χ0v) is 7.21. The minimum atomic E-state index is -0.334. The molecular weight excluding hydrogens is 150 g/mol. The highest BCUT2D eigenvalue weighted by Gasteiger charge is 2.05. The van der Waals surface area contributed by atoms with Gasteiger partial charge in [0.25, 0.3) is 0 Å². The molecule has 0 aromatic carbocycles. The smallest absolute Gasteiger partial charge is 0.248 e. The first kappa shape index (κ1) is 8.78. The van der Waals surface area contributed by atoms with Crippen LogP contribution in [0.15, 0.2) is 35.5 Å². The normalized spacial score (nSPS) is 28.8. The first-order valence-corrected chi connectivity index (χ1v) is 4.04. The van der Waals surface area contributed by atoms with Gasteiger partial charge in [0.05, 0.1) is 0 Å². The number of allylic oxidation sites excluding steroid dienone is 4. The van der Waals surface area contributed by atoms with E-state index in [0.29, 0.717) is 5.57 Å². The van der Waals surface area contributed by atoms with Crippen molar-refractivity contribution < 1.29 is 4.79 Å². The maximum absolute atomic E-state index is 10.9. The number of rotatable bonds is 1. The van der Waals surface area contributed by atoms with Crippen LogP contribution in [0.4, 0.5) is 0 Å². The molecule has 0 spiro atoms. The van der Waals surface area contributed by atoms with Crippen molar-refractivity contribution in [3.63, 3.8) is 0 Å². The predicted molar refractivity (Wildman–Crippen MR) is 49.4 cm³/mol. The van der Waals surface area contributed by atoms with Crippen molar-refractivity contribution in [3.8, 4) is 0 Å². The van der Waals surface area contributed by atoms with Gasteiger partial charge in [-0.15, -0.1) is 0 Å². The molecule has 1 amide bonds. The van der Waals surface area contributed by atoms with Crippen molar-refractivity contribution in [1.29, 1.82) is 0 Å². The van der Waals surface area contributed by atoms with Crippen LogP contribution in [0.3, 0.4) is 0 Å². The van der Waals surface area contributed by atoms with Crippen LogP contribution in [-0.2, 0) is 4.79 Å². The van der Waals surface area contributed by atoms with Crippen LogP contribution in [0.5, 0.6) is 0 Å². The molecule has 0 heterocycles. The Bertz CT molecular complexity index is 272. The van der Waals surface area contributed by atoms with Crippen LogP contribution in [0.25, 0.3) is 0 Å². The van der Waals surface area contributed by atoms with Gasteiger partial charge < -0.3 is 5.73 Å². The maximum Gasteiger partial charge on any atom is 0.248 e. The minimum absolute atomic E-state index is 0.334. The third-order valence-corrected chi connectivity index (χ3v) is 1.92. The Morgan fingerprint density at radius 1 is 1.50 bits per heavy atom. The summed E-state index contributed by atoms with van der Waals surface area (Å²) in [4.78, 5) is 10.9. The number of hydrogen-bond donors (Lipinski definition) is 1. The van der Waals surface area contributed by atoms with Crippen LogP contribution in [0.2, 0.25) is 0 Å². The standard InChI is InChI=1S/C10H13NO/c1-8-6-4-2-3-5-7-9(8)10(11)12/h2-3,5,7H,4,6H2,1H3,(H2,11,12)/b3-2-,7-5-,9-8+. The maximum atomic E-state index is 10.9. The molecule has 0 saturated heterocycles. The summed E-state index contributed by atoms with van der Waals surface area (Å²) in [5.41, 5.74) is 6.93. The van der Waals surface area contributed by atoms with Crippen LogP contribution in [0.1, 0.15) is 19.8 Å². The molecule has 12 heavy (non-hydrogen) atoms. The van der Waals surface area contributed by atoms with Crippen LogP contribution in [0, 0.1) is 0 Å². The van der Waals surface area contributed by atoms with Gasteiger partial charge in [-0.3, -0.25) is 4.79 Å². The van der Waals surface area contributed by atoms with Gasteiger partial charge in [0.1, 0.15) is 0 Å². The number of hydrogen-bond acceptors (Lipinski definition) is 1. The first-order chi connectivity index (χ1) is 5.72. The van der Waals surface area contributed by atoms with Gasteiger partial charge in [0.15, 0.2) is 0 Å². The summed E-state index contributed by atoms with van der Waals surface area (Å²) in [5, 5.41) is 0. The lowest BCUT2D eigenvalue weighted by Gasteiger charge is -2.05. The van der Waals surface area contributed by atoms with E-state index >= 15 is 0 Å². The second kappa shape index (κ2) is 3.90. The fraction of sp³-hybridized carbons (Fsp3) is 0.300. The number of carbonyl (C=O) groups excluding carboxylic acids is 1. The monoisotopic (exact) mass is 163 g/mol. The Labute approximate surface area is 72.5 Å². The quantitative estimate of drug-likeness (QED) is 0.628. The lowest BCUT2D eigenvalue weighted by Crippen LogP contribution is -2.14. The van der Waals surface area contributed by atoms with E-state index in [1.807, 2.05) is 19.1 Å². The average Bonchev–Trinajstić information content (AvgIpc) is 1.96. The van der Waals surface area contributed by atoms with Crippen molar-refractivity contribution in [2.24, 2.45) is 5.73 Å². The molecule has 0 aromatic rings. The average molecular weight is 163 g/mol. The Morgan fingerprint density at radius 2 is 2.25 bits per heavy atom. The van der Waals surface area contributed by atoms with Gasteiger partial charge in [-0.05, 0) is 25.8 Å². The largest absolute Gasteiger partial charge is 0.366 e. The van der Waals surface area contributed by atoms with E-state index in [1.165, 1.54) is 0 Å². The molecule has 2 nitrogen and oxygen atoms in total. The van der Waals surface area contributed by atoms with E-state index < -0.39 is 0 Å². The summed E-state index contributed by atoms with van der Waals surface area (Å²) < 4.78 is 0. The number of carbonyl (C=O) groups is 1. The van der Waals surface area contributed by atoms with E-state index in [-0.39, 0.29) is 5.91 Å². The highest BCUT2D eigenvalue weighted by Crippen LogP contribution is 2.14. The van der Waals surface area contributed by atoms with Crippen molar-refractivity contribution in [2.45, 2.75) is 19.8 Å². The van der Waals surface area contributed by atoms with Crippen LogP contribution < -0.4 is 5.73 Å². The number of amides is 1. The molecule has 0 saturated carbocycles. The van der Waals surface area contributed by atoms with Crippen molar-refractivity contribution in [1.82, 2.24) is 0 Å². The lowest BCUT2D eigenvalue weighted by atomic mass is 10.0. The van der Waals surface area contributed by atoms with E-state index in [2.05, 4.69) is 6.08 Å². The Hall–Kier alpha value is -1.31. The predicted octanol–water partition coefficient (Wildman–Crippen LogP) is 1.69. The molecule has 0 bridgehead atoms. The van der Waals surface area contributed by atoms with Gasteiger partial charge in [-0.2, -0.15) is 0 Å². The summed E-state index contributed by atoms with van der Waals surface area (Å²) in [6.07, 6.45) is 9.54. The molecule has 0 aliphatic heterocycles. The zero-order chi connectivity index (χ0) is 8.97. The molecule has 1 rings (SSSR count). The fourth-order valence-electron chi connectivity index (χ4n) is 1.20. The van der Waals surface area contributed by atoms with Gasteiger partial charge in [-0.25, -0.2) is 0 Å². The number of nitrogens with two attached hydrogens (primary N) is 1. The fourth-order valence-corrected chi connectivity index (χ4v) is 1.20. The second-order valence-electron chi connectivity index (χ2n) is 2.88.